The van der Waals surface area contributed by atoms with Crippen molar-refractivity contribution < 1.29 is 9.59 Å². The van der Waals surface area contributed by atoms with Crippen molar-refractivity contribution in [2.45, 2.75) is 33.7 Å². The number of ketones is 1. The molecule has 1 heterocycles. The van der Waals surface area contributed by atoms with Gasteiger partial charge in [-0.25, -0.2) is 0 Å². The Labute approximate surface area is 114 Å². The Kier molecular flexibility index (Phi) is 4.89. The van der Waals surface area contributed by atoms with E-state index in [1.807, 2.05) is 45.4 Å². The molecule has 0 aliphatic rings. The van der Waals surface area contributed by atoms with Crippen molar-refractivity contribution in [2.75, 3.05) is 13.1 Å². The van der Waals surface area contributed by atoms with E-state index in [2.05, 4.69) is 0 Å². The third-order valence-electron chi connectivity index (χ3n) is 3.51. The van der Waals surface area contributed by atoms with Gasteiger partial charge in [-0.05, 0) is 33.8 Å². The molecule has 0 atom stereocenters. The first-order valence-corrected chi connectivity index (χ1v) is 6.42. The summed E-state index contributed by atoms with van der Waals surface area (Å²) in [5.74, 6) is -0.390. The van der Waals surface area contributed by atoms with Gasteiger partial charge < -0.3 is 10.3 Å². The van der Waals surface area contributed by atoms with Crippen LogP contribution in [0.15, 0.2) is 6.07 Å². The van der Waals surface area contributed by atoms with Crippen LogP contribution in [-0.4, -0.2) is 40.3 Å². The van der Waals surface area contributed by atoms with Gasteiger partial charge in [-0.2, -0.15) is 0 Å². The number of nitrogens with two attached hydrogens (primary N) is 1. The van der Waals surface area contributed by atoms with Crippen molar-refractivity contribution in [2.24, 2.45) is 12.8 Å². The maximum atomic E-state index is 12.3. The Morgan fingerprint density at radius 3 is 2.26 bits per heavy atom. The predicted molar refractivity (Wildman–Crippen MR) is 75.1 cm³/mol. The molecule has 5 nitrogen and oxygen atoms in total. The van der Waals surface area contributed by atoms with Crippen molar-refractivity contribution in [1.29, 1.82) is 0 Å². The van der Waals surface area contributed by atoms with Crippen LogP contribution in [0, 0.1) is 13.8 Å². The highest BCUT2D eigenvalue weighted by atomic mass is 16.1. The number of hydrogen-bond donors (Lipinski definition) is 1. The topological polar surface area (TPSA) is 68.3 Å². The Morgan fingerprint density at radius 2 is 1.89 bits per heavy atom. The summed E-state index contributed by atoms with van der Waals surface area (Å²) < 4.78 is 1.99. The molecule has 106 valence electrons. The van der Waals surface area contributed by atoms with Gasteiger partial charge in [-0.3, -0.25) is 14.5 Å². The van der Waals surface area contributed by atoms with E-state index >= 15 is 0 Å². The zero-order chi connectivity index (χ0) is 14.7. The highest BCUT2D eigenvalue weighted by Crippen LogP contribution is 2.14. The largest absolute Gasteiger partial charge is 0.369 e. The lowest BCUT2D eigenvalue weighted by Gasteiger charge is -2.24. The number of amides is 1. The summed E-state index contributed by atoms with van der Waals surface area (Å²) in [6.45, 7) is 8.10. The van der Waals surface area contributed by atoms with Crippen LogP contribution in [0.2, 0.25) is 0 Å². The molecule has 0 saturated carbocycles. The van der Waals surface area contributed by atoms with Gasteiger partial charge in [-0.1, -0.05) is 0 Å². The minimum Gasteiger partial charge on any atom is -0.369 e. The van der Waals surface area contributed by atoms with Gasteiger partial charge >= 0.3 is 0 Å². The fourth-order valence-electron chi connectivity index (χ4n) is 2.03. The van der Waals surface area contributed by atoms with E-state index < -0.39 is 5.91 Å². The van der Waals surface area contributed by atoms with E-state index in [0.717, 1.165) is 17.0 Å². The Hall–Kier alpha value is -1.62. The molecule has 0 unspecified atom stereocenters. The molecule has 0 spiro atoms. The molecule has 0 aliphatic heterocycles. The molecule has 2 N–H and O–H groups in total. The van der Waals surface area contributed by atoms with E-state index in [1.165, 1.54) is 0 Å². The first-order valence-electron chi connectivity index (χ1n) is 6.42. The molecule has 1 amide bonds. The van der Waals surface area contributed by atoms with Gasteiger partial charge in [-0.15, -0.1) is 0 Å². The van der Waals surface area contributed by atoms with E-state index in [-0.39, 0.29) is 24.9 Å². The van der Waals surface area contributed by atoms with E-state index in [9.17, 15) is 9.59 Å². The van der Waals surface area contributed by atoms with E-state index in [0.29, 0.717) is 0 Å². The molecule has 1 rings (SSSR count). The second kappa shape index (κ2) is 6.02. The van der Waals surface area contributed by atoms with Crippen LogP contribution in [-0.2, 0) is 11.8 Å². The predicted octanol–water partition coefficient (Wildman–Crippen LogP) is 1.02. The molecular weight excluding hydrogens is 242 g/mol. The van der Waals surface area contributed by atoms with Crippen molar-refractivity contribution in [3.05, 3.63) is 23.0 Å². The lowest BCUT2D eigenvalue weighted by molar-refractivity contribution is -0.119. The molecule has 0 fully saturated rings. The minimum atomic E-state index is -0.414. The van der Waals surface area contributed by atoms with Crippen molar-refractivity contribution in [3.8, 4) is 0 Å². The number of carbonyl (C=O) groups excluding carboxylic acids is 2. The van der Waals surface area contributed by atoms with Crippen LogP contribution >= 0.6 is 0 Å². The summed E-state index contributed by atoms with van der Waals surface area (Å²) in [6, 6.07) is 1.99. The van der Waals surface area contributed by atoms with Crippen molar-refractivity contribution in [1.82, 2.24) is 9.47 Å². The molecular formula is C14H23N3O2. The highest BCUT2D eigenvalue weighted by molar-refractivity contribution is 5.99. The van der Waals surface area contributed by atoms with Crippen LogP contribution in [0.4, 0.5) is 0 Å². The molecule has 5 heteroatoms. The van der Waals surface area contributed by atoms with Crippen LogP contribution in [0.3, 0.4) is 0 Å². The first kappa shape index (κ1) is 15.4. The Balaban J connectivity index is 2.87. The molecule has 19 heavy (non-hydrogen) atoms. The minimum absolute atomic E-state index is 0.0242. The summed E-state index contributed by atoms with van der Waals surface area (Å²) in [6.07, 6.45) is 0. The number of Topliss-reactive ketones (excluding diaryl/α,β-unsaturated/α-hetero) is 1. The van der Waals surface area contributed by atoms with Gasteiger partial charge in [0.1, 0.15) is 0 Å². The Morgan fingerprint density at radius 1 is 1.32 bits per heavy atom. The number of hydrogen-bond acceptors (Lipinski definition) is 3. The van der Waals surface area contributed by atoms with E-state index in [4.69, 9.17) is 5.73 Å². The molecule has 1 aromatic rings. The van der Waals surface area contributed by atoms with Gasteiger partial charge in [0.15, 0.2) is 5.78 Å². The molecule has 0 aromatic carbocycles. The van der Waals surface area contributed by atoms with Gasteiger partial charge in [0.2, 0.25) is 5.91 Å². The zero-order valence-corrected chi connectivity index (χ0v) is 12.4. The lowest BCUT2D eigenvalue weighted by Crippen LogP contribution is -2.41. The maximum absolute atomic E-state index is 12.3. The van der Waals surface area contributed by atoms with Crippen LogP contribution in [0.25, 0.3) is 0 Å². The smallest absolute Gasteiger partial charge is 0.231 e. The normalized spacial score (nSPS) is 11.3. The second-order valence-corrected chi connectivity index (χ2v) is 5.23. The SMILES string of the molecule is Cc1cc(C(=O)CN(CC(N)=O)C(C)C)c(C)n1C. The fourth-order valence-corrected chi connectivity index (χ4v) is 2.03. The molecule has 0 aliphatic carbocycles. The summed E-state index contributed by atoms with van der Waals surface area (Å²) in [5.41, 5.74) is 7.92. The lowest BCUT2D eigenvalue weighted by atomic mass is 10.1. The first-order chi connectivity index (χ1) is 8.73. The standard InChI is InChI=1S/C14H23N3O2/c1-9(2)17(8-14(15)19)7-13(18)12-6-10(3)16(5)11(12)4/h6,9H,7-8H2,1-5H3,(H2,15,19). The molecule has 0 radical (unpaired) electrons. The summed E-state index contributed by atoms with van der Waals surface area (Å²) in [7, 11) is 1.94. The molecule has 0 bridgehead atoms. The summed E-state index contributed by atoms with van der Waals surface area (Å²) >= 11 is 0. The highest BCUT2D eigenvalue weighted by Gasteiger charge is 2.20. The van der Waals surface area contributed by atoms with Gasteiger partial charge in [0.25, 0.3) is 0 Å². The molecule has 1 aromatic heterocycles. The number of primary amides is 1. The van der Waals surface area contributed by atoms with Gasteiger partial charge in [0.05, 0.1) is 13.1 Å². The third kappa shape index (κ3) is 3.67. The number of aryl methyl sites for hydroxylation is 1. The average molecular weight is 265 g/mol. The van der Waals surface area contributed by atoms with Gasteiger partial charge in [0, 0.05) is 30.0 Å². The maximum Gasteiger partial charge on any atom is 0.231 e. The number of carbonyl (C=O) groups is 2. The second-order valence-electron chi connectivity index (χ2n) is 5.23. The summed E-state index contributed by atoms with van der Waals surface area (Å²) in [5, 5.41) is 0. The molecule has 0 saturated heterocycles. The Bertz CT molecular complexity index is 489. The number of nitrogens with zero attached hydrogens (tertiary/aromatic N) is 2. The van der Waals surface area contributed by atoms with Crippen LogP contribution < -0.4 is 5.73 Å². The third-order valence-corrected chi connectivity index (χ3v) is 3.51. The quantitative estimate of drug-likeness (QED) is 0.781. The van der Waals surface area contributed by atoms with E-state index in [1.54, 1.807) is 4.90 Å². The van der Waals surface area contributed by atoms with Crippen LogP contribution in [0.5, 0.6) is 0 Å². The zero-order valence-electron chi connectivity index (χ0n) is 12.4. The van der Waals surface area contributed by atoms with Crippen molar-refractivity contribution in [3.63, 3.8) is 0 Å². The fraction of sp³-hybridized carbons (Fsp3) is 0.571. The van der Waals surface area contributed by atoms with Crippen LogP contribution in [0.1, 0.15) is 35.6 Å². The van der Waals surface area contributed by atoms with Crippen molar-refractivity contribution >= 4 is 11.7 Å². The summed E-state index contributed by atoms with van der Waals surface area (Å²) in [4.78, 5) is 25.1. The average Bonchev–Trinajstić information content (AvgIpc) is 2.55. The number of aromatic nitrogens is 1. The monoisotopic (exact) mass is 265 g/mol. The number of rotatable bonds is 6.